The number of benzene rings is 1. The van der Waals surface area contributed by atoms with Crippen LogP contribution in [0.3, 0.4) is 0 Å². The molecule has 3 N–H and O–H groups in total. The van der Waals surface area contributed by atoms with E-state index in [4.69, 9.17) is 15.2 Å². The molecule has 1 amide bonds. The van der Waals surface area contributed by atoms with E-state index in [0.29, 0.717) is 51.5 Å². The molecule has 0 bridgehead atoms. The highest BCUT2D eigenvalue weighted by Gasteiger charge is 2.38. The Labute approximate surface area is 142 Å². The van der Waals surface area contributed by atoms with E-state index in [0.717, 1.165) is 6.26 Å². The van der Waals surface area contributed by atoms with Gasteiger partial charge < -0.3 is 20.5 Å². The fourth-order valence-electron chi connectivity index (χ4n) is 2.59. The molecular weight excluding hydrogens is 332 g/mol. The lowest BCUT2D eigenvalue weighted by molar-refractivity contribution is -0.136. The fourth-order valence-corrected chi connectivity index (χ4v) is 3.22. The number of nitrogens with one attached hydrogen (secondary N) is 1. The van der Waals surface area contributed by atoms with E-state index in [1.807, 2.05) is 0 Å². The average Bonchev–Trinajstić information content (AvgIpc) is 2.58. The number of carbonyl (C=O) groups is 1. The van der Waals surface area contributed by atoms with Crippen molar-refractivity contribution in [1.82, 2.24) is 5.32 Å². The Bertz CT molecular complexity index is 652. The lowest BCUT2D eigenvalue weighted by Gasteiger charge is -2.34. The van der Waals surface area contributed by atoms with Crippen molar-refractivity contribution in [3.05, 3.63) is 24.3 Å². The molecule has 0 unspecified atom stereocenters. The standard InChI is InChI=1S/C16H24N2O5S/c1-24(20,21)14-4-2-13(3-5-14)23-11-8-18-15(19)16(12-17)6-9-22-10-7-16/h2-5H,6-12,17H2,1H3,(H,18,19). The molecule has 8 heteroatoms. The van der Waals surface area contributed by atoms with Gasteiger partial charge in [-0.3, -0.25) is 4.79 Å². The highest BCUT2D eigenvalue weighted by atomic mass is 32.2. The first kappa shape index (κ1) is 18.7. The van der Waals surface area contributed by atoms with E-state index in [9.17, 15) is 13.2 Å². The van der Waals surface area contributed by atoms with Crippen LogP contribution in [-0.2, 0) is 19.4 Å². The summed E-state index contributed by atoms with van der Waals surface area (Å²) < 4.78 is 33.6. The van der Waals surface area contributed by atoms with Crippen LogP contribution in [0.15, 0.2) is 29.2 Å². The van der Waals surface area contributed by atoms with Gasteiger partial charge >= 0.3 is 0 Å². The molecule has 0 saturated carbocycles. The summed E-state index contributed by atoms with van der Waals surface area (Å²) in [5.41, 5.74) is 5.24. The molecule has 1 aliphatic rings. The number of hydrogen-bond acceptors (Lipinski definition) is 6. The molecule has 7 nitrogen and oxygen atoms in total. The molecule has 0 atom stereocenters. The first-order chi connectivity index (χ1) is 11.4. The van der Waals surface area contributed by atoms with Gasteiger partial charge in [0, 0.05) is 26.0 Å². The summed E-state index contributed by atoms with van der Waals surface area (Å²) in [4.78, 5) is 12.6. The van der Waals surface area contributed by atoms with Gasteiger partial charge in [-0.2, -0.15) is 0 Å². The Hall–Kier alpha value is -1.64. The maximum Gasteiger partial charge on any atom is 0.227 e. The third-order valence-electron chi connectivity index (χ3n) is 4.23. The van der Waals surface area contributed by atoms with E-state index < -0.39 is 15.3 Å². The molecular formula is C16H24N2O5S. The third kappa shape index (κ3) is 4.68. The van der Waals surface area contributed by atoms with Crippen molar-refractivity contribution in [2.24, 2.45) is 11.1 Å². The number of nitrogens with two attached hydrogens (primary N) is 1. The predicted octanol–water partition coefficient (Wildman–Crippen LogP) is 0.341. The minimum atomic E-state index is -3.21. The fraction of sp³-hybridized carbons (Fsp3) is 0.562. The molecule has 2 rings (SSSR count). The summed E-state index contributed by atoms with van der Waals surface area (Å²) in [6.07, 6.45) is 2.41. The first-order valence-electron chi connectivity index (χ1n) is 7.86. The van der Waals surface area contributed by atoms with Crippen LogP contribution in [0, 0.1) is 5.41 Å². The molecule has 1 saturated heterocycles. The van der Waals surface area contributed by atoms with E-state index in [1.54, 1.807) is 12.1 Å². The number of ether oxygens (including phenoxy) is 2. The van der Waals surface area contributed by atoms with Crippen LogP contribution in [0.4, 0.5) is 0 Å². The van der Waals surface area contributed by atoms with E-state index in [1.165, 1.54) is 12.1 Å². The molecule has 0 aliphatic carbocycles. The SMILES string of the molecule is CS(=O)(=O)c1ccc(OCCNC(=O)C2(CN)CCOCC2)cc1. The van der Waals surface area contributed by atoms with Gasteiger partial charge in [-0.15, -0.1) is 0 Å². The van der Waals surface area contributed by atoms with Crippen molar-refractivity contribution in [3.63, 3.8) is 0 Å². The van der Waals surface area contributed by atoms with Gasteiger partial charge in [-0.1, -0.05) is 0 Å². The molecule has 0 radical (unpaired) electrons. The van der Waals surface area contributed by atoms with Gasteiger partial charge in [0.25, 0.3) is 0 Å². The molecule has 0 aromatic heterocycles. The molecule has 0 spiro atoms. The van der Waals surface area contributed by atoms with Crippen LogP contribution >= 0.6 is 0 Å². The van der Waals surface area contributed by atoms with Gasteiger partial charge in [0.05, 0.1) is 16.9 Å². The van der Waals surface area contributed by atoms with Crippen molar-refractivity contribution in [3.8, 4) is 5.75 Å². The van der Waals surface area contributed by atoms with E-state index in [2.05, 4.69) is 5.32 Å². The molecule has 24 heavy (non-hydrogen) atoms. The smallest absolute Gasteiger partial charge is 0.227 e. The van der Waals surface area contributed by atoms with Gasteiger partial charge in [0.1, 0.15) is 12.4 Å². The topological polar surface area (TPSA) is 108 Å². The summed E-state index contributed by atoms with van der Waals surface area (Å²) in [5, 5.41) is 2.85. The molecule has 1 fully saturated rings. The summed E-state index contributed by atoms with van der Waals surface area (Å²) in [6.45, 7) is 2.05. The highest BCUT2D eigenvalue weighted by Crippen LogP contribution is 2.29. The Morgan fingerprint density at radius 3 is 2.46 bits per heavy atom. The maximum absolute atomic E-state index is 12.3. The molecule has 1 heterocycles. The number of amides is 1. The summed E-state index contributed by atoms with van der Waals surface area (Å²) in [5.74, 6) is 0.487. The van der Waals surface area contributed by atoms with Crippen molar-refractivity contribution in [2.75, 3.05) is 39.2 Å². The zero-order valence-electron chi connectivity index (χ0n) is 13.8. The van der Waals surface area contributed by atoms with Crippen molar-refractivity contribution in [1.29, 1.82) is 0 Å². The second kappa shape index (κ2) is 7.96. The Morgan fingerprint density at radius 2 is 1.92 bits per heavy atom. The molecule has 1 aliphatic heterocycles. The maximum atomic E-state index is 12.3. The lowest BCUT2D eigenvalue weighted by Crippen LogP contribution is -2.49. The Balaban J connectivity index is 1.79. The van der Waals surface area contributed by atoms with E-state index in [-0.39, 0.29) is 10.8 Å². The highest BCUT2D eigenvalue weighted by molar-refractivity contribution is 7.90. The van der Waals surface area contributed by atoms with E-state index >= 15 is 0 Å². The summed E-state index contributed by atoms with van der Waals surface area (Å²) in [6, 6.07) is 6.18. The van der Waals surface area contributed by atoms with Gasteiger partial charge in [0.2, 0.25) is 5.91 Å². The minimum absolute atomic E-state index is 0.0654. The average molecular weight is 356 g/mol. The number of carbonyl (C=O) groups excluding carboxylic acids is 1. The van der Waals surface area contributed by atoms with Crippen LogP contribution in [0.1, 0.15) is 12.8 Å². The number of sulfone groups is 1. The minimum Gasteiger partial charge on any atom is -0.492 e. The molecule has 1 aromatic rings. The van der Waals surface area contributed by atoms with Crippen molar-refractivity contribution in [2.45, 2.75) is 17.7 Å². The first-order valence-corrected chi connectivity index (χ1v) is 9.76. The van der Waals surface area contributed by atoms with Gasteiger partial charge in [-0.05, 0) is 37.1 Å². The van der Waals surface area contributed by atoms with Gasteiger partial charge in [0.15, 0.2) is 9.84 Å². The zero-order valence-corrected chi connectivity index (χ0v) is 14.6. The Kier molecular flexibility index (Phi) is 6.20. The van der Waals surface area contributed by atoms with Crippen LogP contribution in [0.25, 0.3) is 0 Å². The monoisotopic (exact) mass is 356 g/mol. The second-order valence-electron chi connectivity index (χ2n) is 5.94. The van der Waals surface area contributed by atoms with Crippen LogP contribution in [0.5, 0.6) is 5.75 Å². The third-order valence-corrected chi connectivity index (χ3v) is 5.36. The summed E-state index contributed by atoms with van der Waals surface area (Å²) >= 11 is 0. The van der Waals surface area contributed by atoms with Crippen LogP contribution in [0.2, 0.25) is 0 Å². The zero-order chi connectivity index (χ0) is 17.6. The summed E-state index contributed by atoms with van der Waals surface area (Å²) in [7, 11) is -3.21. The van der Waals surface area contributed by atoms with Crippen LogP contribution in [-0.4, -0.2) is 53.5 Å². The quantitative estimate of drug-likeness (QED) is 0.682. The lowest BCUT2D eigenvalue weighted by atomic mass is 9.79. The second-order valence-corrected chi connectivity index (χ2v) is 7.96. The van der Waals surface area contributed by atoms with Crippen molar-refractivity contribution < 1.29 is 22.7 Å². The molecule has 134 valence electrons. The molecule has 1 aromatic carbocycles. The Morgan fingerprint density at radius 1 is 1.29 bits per heavy atom. The largest absolute Gasteiger partial charge is 0.492 e. The van der Waals surface area contributed by atoms with Crippen molar-refractivity contribution >= 4 is 15.7 Å². The number of hydrogen-bond donors (Lipinski definition) is 2. The van der Waals surface area contributed by atoms with Crippen LogP contribution < -0.4 is 15.8 Å². The normalized spacial score (nSPS) is 17.2. The predicted molar refractivity (Wildman–Crippen MR) is 89.6 cm³/mol. The van der Waals surface area contributed by atoms with Gasteiger partial charge in [-0.25, -0.2) is 8.42 Å². The number of rotatable bonds is 7.